The number of methoxy groups -OCH3 is 1. The van der Waals surface area contributed by atoms with Crippen LogP contribution in [0.15, 0.2) is 30.9 Å². The first-order chi connectivity index (χ1) is 14.7. The second-order valence-electron chi connectivity index (χ2n) is 7.99. The summed E-state index contributed by atoms with van der Waals surface area (Å²) in [6, 6.07) is 6.27. The van der Waals surface area contributed by atoms with Crippen LogP contribution in [0.2, 0.25) is 0 Å². The highest BCUT2D eigenvalue weighted by Crippen LogP contribution is 2.24. The highest BCUT2D eigenvalue weighted by Gasteiger charge is 2.03. The smallest absolute Gasteiger partial charge is 0.220 e. The van der Waals surface area contributed by atoms with E-state index in [9.17, 15) is 4.79 Å². The zero-order valence-electron chi connectivity index (χ0n) is 19.3. The number of carbonyl (C=O) groups is 1. The molecule has 0 aliphatic heterocycles. The van der Waals surface area contributed by atoms with Gasteiger partial charge in [-0.3, -0.25) is 4.79 Å². The first kappa shape index (κ1) is 26.1. The summed E-state index contributed by atoms with van der Waals surface area (Å²) in [5.41, 5.74) is 1.30. The molecule has 0 atom stereocenters. The highest BCUT2D eigenvalue weighted by atomic mass is 16.5. The van der Waals surface area contributed by atoms with E-state index < -0.39 is 0 Å². The molecule has 1 aromatic carbocycles. The second kappa shape index (κ2) is 17.9. The number of benzene rings is 1. The number of nitrogens with one attached hydrogen (secondary N) is 1. The maximum atomic E-state index is 11.5. The van der Waals surface area contributed by atoms with Gasteiger partial charge < -0.3 is 14.8 Å². The van der Waals surface area contributed by atoms with E-state index in [2.05, 4.69) is 31.0 Å². The monoisotopic (exact) mass is 417 g/mol. The van der Waals surface area contributed by atoms with Crippen LogP contribution in [0.4, 0.5) is 0 Å². The Bertz CT molecular complexity index is 586. The number of aryl methyl sites for hydroxylation is 1. The average Bonchev–Trinajstić information content (AvgIpc) is 2.76. The summed E-state index contributed by atoms with van der Waals surface area (Å²) in [5.74, 6) is 1.95. The summed E-state index contributed by atoms with van der Waals surface area (Å²) in [6.45, 7) is 7.16. The Labute approximate surface area is 184 Å². The Morgan fingerprint density at radius 3 is 2.27 bits per heavy atom. The third-order valence-electron chi connectivity index (χ3n) is 5.26. The molecule has 0 unspecified atom stereocenters. The Morgan fingerprint density at radius 2 is 1.60 bits per heavy atom. The fourth-order valence-electron chi connectivity index (χ4n) is 3.47. The van der Waals surface area contributed by atoms with Crippen LogP contribution in [0.5, 0.6) is 11.5 Å². The summed E-state index contributed by atoms with van der Waals surface area (Å²) in [4.78, 5) is 11.5. The van der Waals surface area contributed by atoms with E-state index in [0.717, 1.165) is 43.8 Å². The topological polar surface area (TPSA) is 47.6 Å². The molecule has 0 saturated carbocycles. The average molecular weight is 418 g/mol. The van der Waals surface area contributed by atoms with Gasteiger partial charge in [0.25, 0.3) is 0 Å². The fraction of sp³-hybridized carbons (Fsp3) is 0.654. The number of rotatable bonds is 19. The number of hydrogen-bond acceptors (Lipinski definition) is 3. The van der Waals surface area contributed by atoms with Gasteiger partial charge >= 0.3 is 0 Å². The molecule has 30 heavy (non-hydrogen) atoms. The Kier molecular flexibility index (Phi) is 15.5. The number of hydrogen-bond donors (Lipinski definition) is 1. The maximum absolute atomic E-state index is 11.5. The van der Waals surface area contributed by atoms with Gasteiger partial charge in [0, 0.05) is 19.0 Å². The molecule has 0 heterocycles. The minimum Gasteiger partial charge on any atom is -0.497 e. The summed E-state index contributed by atoms with van der Waals surface area (Å²) < 4.78 is 11.4. The molecule has 0 spiro atoms. The van der Waals surface area contributed by atoms with Crippen molar-refractivity contribution in [3.63, 3.8) is 0 Å². The molecule has 0 aromatic heterocycles. The zero-order valence-corrected chi connectivity index (χ0v) is 19.3. The van der Waals surface area contributed by atoms with Gasteiger partial charge in [-0.15, -0.1) is 6.58 Å². The Morgan fingerprint density at radius 1 is 0.933 bits per heavy atom. The van der Waals surface area contributed by atoms with E-state index in [0.29, 0.717) is 13.0 Å². The van der Waals surface area contributed by atoms with Crippen LogP contribution >= 0.6 is 0 Å². The van der Waals surface area contributed by atoms with Gasteiger partial charge in [0.05, 0.1) is 13.7 Å². The van der Waals surface area contributed by atoms with Gasteiger partial charge in [0.15, 0.2) is 0 Å². The van der Waals surface area contributed by atoms with E-state index in [1.54, 1.807) is 13.2 Å². The lowest BCUT2D eigenvalue weighted by Crippen LogP contribution is -2.22. The maximum Gasteiger partial charge on any atom is 0.220 e. The molecule has 0 fully saturated rings. The van der Waals surface area contributed by atoms with Crippen molar-refractivity contribution in [2.75, 3.05) is 20.3 Å². The van der Waals surface area contributed by atoms with Gasteiger partial charge in [-0.25, -0.2) is 0 Å². The number of amides is 1. The van der Waals surface area contributed by atoms with Crippen LogP contribution in [0, 0.1) is 0 Å². The second-order valence-corrected chi connectivity index (χ2v) is 7.99. The SMILES string of the molecule is C=CCNC(=O)CCCCCCCCCCOc1cc(CCCCC)cc(OC)c1. The standard InChI is InChI=1S/C26H43NO3/c1-4-6-13-16-23-20-24(29-3)22-25(21-23)30-19-15-12-10-8-7-9-11-14-17-26(28)27-18-5-2/h5,20-22H,2,4,6-19H2,1,3H3,(H,27,28). The van der Waals surface area contributed by atoms with Gasteiger partial charge in [-0.1, -0.05) is 64.4 Å². The van der Waals surface area contributed by atoms with Gasteiger partial charge in [0.1, 0.15) is 11.5 Å². The molecule has 1 amide bonds. The van der Waals surface area contributed by atoms with Crippen molar-refractivity contribution in [2.24, 2.45) is 0 Å². The predicted molar refractivity (Wildman–Crippen MR) is 126 cm³/mol. The lowest BCUT2D eigenvalue weighted by molar-refractivity contribution is -0.121. The molecule has 0 saturated heterocycles. The molecule has 4 heteroatoms. The lowest BCUT2D eigenvalue weighted by atomic mass is 10.1. The van der Waals surface area contributed by atoms with Gasteiger partial charge in [0.2, 0.25) is 5.91 Å². The van der Waals surface area contributed by atoms with Crippen molar-refractivity contribution >= 4 is 5.91 Å². The van der Waals surface area contributed by atoms with Crippen molar-refractivity contribution in [2.45, 2.75) is 90.4 Å². The van der Waals surface area contributed by atoms with E-state index >= 15 is 0 Å². The summed E-state index contributed by atoms with van der Waals surface area (Å²) in [7, 11) is 1.71. The molecule has 0 bridgehead atoms. The van der Waals surface area contributed by atoms with Crippen molar-refractivity contribution in [1.82, 2.24) is 5.32 Å². The van der Waals surface area contributed by atoms with Crippen molar-refractivity contribution in [1.29, 1.82) is 0 Å². The van der Waals surface area contributed by atoms with Crippen LogP contribution in [0.3, 0.4) is 0 Å². The van der Waals surface area contributed by atoms with E-state index in [4.69, 9.17) is 9.47 Å². The Hall–Kier alpha value is -1.97. The summed E-state index contributed by atoms with van der Waals surface area (Å²) in [6.07, 6.45) is 16.6. The third kappa shape index (κ3) is 13.3. The Balaban J connectivity index is 2.06. The molecule has 1 aromatic rings. The van der Waals surface area contributed by atoms with Gasteiger partial charge in [-0.05, 0) is 43.4 Å². The van der Waals surface area contributed by atoms with Gasteiger partial charge in [-0.2, -0.15) is 0 Å². The minimum absolute atomic E-state index is 0.138. The lowest BCUT2D eigenvalue weighted by Gasteiger charge is -2.11. The summed E-state index contributed by atoms with van der Waals surface area (Å²) in [5, 5.41) is 2.82. The third-order valence-corrected chi connectivity index (χ3v) is 5.26. The van der Waals surface area contributed by atoms with Crippen LogP contribution in [0.1, 0.15) is 89.5 Å². The molecule has 0 aliphatic carbocycles. The van der Waals surface area contributed by atoms with E-state index in [-0.39, 0.29) is 5.91 Å². The molecular weight excluding hydrogens is 374 g/mol. The molecule has 4 nitrogen and oxygen atoms in total. The predicted octanol–water partition coefficient (Wildman–Crippen LogP) is 6.62. The quantitative estimate of drug-likeness (QED) is 0.203. The normalized spacial score (nSPS) is 10.6. The van der Waals surface area contributed by atoms with Crippen molar-refractivity contribution < 1.29 is 14.3 Å². The molecule has 0 radical (unpaired) electrons. The number of ether oxygens (including phenoxy) is 2. The minimum atomic E-state index is 0.138. The highest BCUT2D eigenvalue weighted by molar-refractivity contribution is 5.75. The first-order valence-electron chi connectivity index (χ1n) is 11.9. The van der Waals surface area contributed by atoms with Crippen molar-refractivity contribution in [3.8, 4) is 11.5 Å². The van der Waals surface area contributed by atoms with Crippen LogP contribution in [-0.2, 0) is 11.2 Å². The summed E-state index contributed by atoms with van der Waals surface area (Å²) >= 11 is 0. The molecular formula is C26H43NO3. The molecule has 0 aliphatic rings. The first-order valence-corrected chi connectivity index (χ1v) is 11.9. The largest absolute Gasteiger partial charge is 0.497 e. The van der Waals surface area contributed by atoms with Crippen LogP contribution in [0.25, 0.3) is 0 Å². The number of unbranched alkanes of at least 4 members (excludes halogenated alkanes) is 9. The van der Waals surface area contributed by atoms with Crippen LogP contribution in [-0.4, -0.2) is 26.2 Å². The molecule has 1 N–H and O–H groups in total. The van der Waals surface area contributed by atoms with Crippen LogP contribution < -0.4 is 14.8 Å². The van der Waals surface area contributed by atoms with Crippen molar-refractivity contribution in [3.05, 3.63) is 36.4 Å². The fourth-order valence-corrected chi connectivity index (χ4v) is 3.47. The van der Waals surface area contributed by atoms with E-state index in [1.165, 1.54) is 56.9 Å². The molecule has 1 rings (SSSR count). The molecule has 170 valence electrons. The van der Waals surface area contributed by atoms with E-state index in [1.807, 2.05) is 6.07 Å². The number of carbonyl (C=O) groups excluding carboxylic acids is 1. The zero-order chi connectivity index (χ0) is 21.9.